The first kappa shape index (κ1) is 15.0. The predicted molar refractivity (Wildman–Crippen MR) is 74.3 cm³/mol. The Morgan fingerprint density at radius 2 is 1.86 bits per heavy atom. The number of aliphatic hydroxyl groups is 1. The second-order valence-corrected chi connectivity index (χ2v) is 8.15. The molecule has 2 aliphatic heterocycles. The Balaban J connectivity index is 1.79. The van der Waals surface area contributed by atoms with Gasteiger partial charge in [0.25, 0.3) is 0 Å². The standard InChI is InChI=1S/C15H17F3O2S/c16-15(17,18)11-3-1-2-10(6-11)7-14(19)8-12-4-5-13(9-14)21(12)20/h1-3,6,12-13,19H,4-5,7-9H2. The van der Waals surface area contributed by atoms with E-state index >= 15 is 0 Å². The highest BCUT2D eigenvalue weighted by atomic mass is 32.2. The zero-order valence-corrected chi connectivity index (χ0v) is 12.2. The molecule has 1 N–H and O–H groups in total. The summed E-state index contributed by atoms with van der Waals surface area (Å²) < 4.78 is 50.1. The molecular weight excluding hydrogens is 301 g/mol. The Hall–Kier alpha value is -0.880. The Kier molecular flexibility index (Phi) is 3.64. The summed E-state index contributed by atoms with van der Waals surface area (Å²) in [6, 6.07) is 5.12. The third-order valence-electron chi connectivity index (χ3n) is 4.47. The van der Waals surface area contributed by atoms with Crippen molar-refractivity contribution in [3.8, 4) is 0 Å². The lowest BCUT2D eigenvalue weighted by molar-refractivity contribution is -0.137. The maximum absolute atomic E-state index is 12.7. The molecule has 2 atom stereocenters. The Labute approximate surface area is 123 Å². The molecule has 21 heavy (non-hydrogen) atoms. The molecule has 3 rings (SSSR count). The highest BCUT2D eigenvalue weighted by molar-refractivity contribution is 7.86. The van der Waals surface area contributed by atoms with Crippen LogP contribution in [0, 0.1) is 0 Å². The summed E-state index contributed by atoms with van der Waals surface area (Å²) in [5.74, 6) is 0. The van der Waals surface area contributed by atoms with E-state index in [0.29, 0.717) is 18.4 Å². The number of rotatable bonds is 2. The molecule has 0 radical (unpaired) electrons. The largest absolute Gasteiger partial charge is 0.416 e. The van der Waals surface area contributed by atoms with Crippen molar-refractivity contribution in [2.75, 3.05) is 0 Å². The highest BCUT2D eigenvalue weighted by Crippen LogP contribution is 2.42. The van der Waals surface area contributed by atoms with E-state index < -0.39 is 28.1 Å². The molecule has 0 amide bonds. The molecule has 2 nitrogen and oxygen atoms in total. The molecule has 0 aliphatic carbocycles. The van der Waals surface area contributed by atoms with Crippen LogP contribution in [-0.4, -0.2) is 25.4 Å². The van der Waals surface area contributed by atoms with Gasteiger partial charge in [-0.1, -0.05) is 18.2 Å². The Bertz CT molecular complexity index is 554. The lowest BCUT2D eigenvalue weighted by Gasteiger charge is -2.36. The minimum Gasteiger partial charge on any atom is -0.389 e. The van der Waals surface area contributed by atoms with Crippen LogP contribution in [0.25, 0.3) is 0 Å². The van der Waals surface area contributed by atoms with Gasteiger partial charge in [0.1, 0.15) is 0 Å². The maximum Gasteiger partial charge on any atom is 0.416 e. The summed E-state index contributed by atoms with van der Waals surface area (Å²) in [7, 11) is -0.882. The van der Waals surface area contributed by atoms with Gasteiger partial charge in [0.05, 0.1) is 11.2 Å². The second kappa shape index (κ2) is 5.09. The van der Waals surface area contributed by atoms with Gasteiger partial charge in [-0.25, -0.2) is 0 Å². The minimum absolute atomic E-state index is 0.000418. The van der Waals surface area contributed by atoms with Crippen molar-refractivity contribution in [3.05, 3.63) is 35.4 Å². The number of alkyl halides is 3. The predicted octanol–water partition coefficient (Wildman–Crippen LogP) is 3.05. The van der Waals surface area contributed by atoms with Gasteiger partial charge in [0.15, 0.2) is 0 Å². The molecule has 2 aliphatic rings. The molecule has 0 aromatic heterocycles. The van der Waals surface area contributed by atoms with E-state index in [9.17, 15) is 22.5 Å². The number of hydrogen-bond acceptors (Lipinski definition) is 2. The number of hydrogen-bond donors (Lipinski definition) is 1. The van der Waals surface area contributed by atoms with E-state index in [1.807, 2.05) is 0 Å². The molecule has 1 aromatic carbocycles. The van der Waals surface area contributed by atoms with Crippen molar-refractivity contribution >= 4 is 10.8 Å². The summed E-state index contributed by atoms with van der Waals surface area (Å²) in [5.41, 5.74) is -1.23. The molecule has 2 saturated heterocycles. The van der Waals surface area contributed by atoms with Crippen LogP contribution in [0.1, 0.15) is 36.8 Å². The number of benzene rings is 1. The van der Waals surface area contributed by atoms with E-state index in [0.717, 1.165) is 25.0 Å². The fourth-order valence-corrected chi connectivity index (χ4v) is 5.79. The van der Waals surface area contributed by atoms with Gasteiger partial charge in [-0.15, -0.1) is 0 Å². The molecular formula is C15H17F3O2S. The molecule has 0 saturated carbocycles. The van der Waals surface area contributed by atoms with Gasteiger partial charge in [-0.3, -0.25) is 4.21 Å². The first-order valence-electron chi connectivity index (χ1n) is 7.05. The van der Waals surface area contributed by atoms with Gasteiger partial charge in [0.2, 0.25) is 0 Å². The van der Waals surface area contributed by atoms with E-state index in [1.54, 1.807) is 6.07 Å². The van der Waals surface area contributed by atoms with Gasteiger partial charge >= 0.3 is 6.18 Å². The van der Waals surface area contributed by atoms with Crippen LogP contribution in [0.5, 0.6) is 0 Å². The normalized spacial score (nSPS) is 35.9. The molecule has 2 bridgehead atoms. The minimum atomic E-state index is -4.37. The van der Waals surface area contributed by atoms with Gasteiger partial charge in [0, 0.05) is 27.7 Å². The summed E-state index contributed by atoms with van der Waals surface area (Å²) in [5, 5.41) is 10.7. The van der Waals surface area contributed by atoms with Gasteiger partial charge in [-0.2, -0.15) is 13.2 Å². The van der Waals surface area contributed by atoms with E-state index in [-0.39, 0.29) is 16.9 Å². The fraction of sp³-hybridized carbons (Fsp3) is 0.600. The molecule has 2 fully saturated rings. The molecule has 2 heterocycles. The summed E-state index contributed by atoms with van der Waals surface area (Å²) in [6.07, 6.45) is -1.63. The summed E-state index contributed by atoms with van der Waals surface area (Å²) in [6.45, 7) is 0. The van der Waals surface area contributed by atoms with Crippen LogP contribution >= 0.6 is 0 Å². The van der Waals surface area contributed by atoms with E-state index in [4.69, 9.17) is 0 Å². The zero-order valence-electron chi connectivity index (χ0n) is 11.4. The Morgan fingerprint density at radius 1 is 1.24 bits per heavy atom. The summed E-state index contributed by atoms with van der Waals surface area (Å²) >= 11 is 0. The van der Waals surface area contributed by atoms with Crippen LogP contribution in [0.4, 0.5) is 13.2 Å². The number of halogens is 3. The Morgan fingerprint density at radius 3 is 2.43 bits per heavy atom. The monoisotopic (exact) mass is 318 g/mol. The van der Waals surface area contributed by atoms with Crippen molar-refractivity contribution in [1.29, 1.82) is 0 Å². The average Bonchev–Trinajstić information content (AvgIpc) is 2.61. The average molecular weight is 318 g/mol. The lowest BCUT2D eigenvalue weighted by atomic mass is 9.86. The lowest BCUT2D eigenvalue weighted by Crippen LogP contribution is -2.44. The molecule has 1 aromatic rings. The SMILES string of the molecule is O=S1C2CCC1CC(O)(Cc1cccc(C(F)(F)F)c1)C2. The first-order valence-corrected chi connectivity index (χ1v) is 8.32. The number of fused-ring (bicyclic) bond motifs is 2. The third-order valence-corrected chi connectivity index (χ3v) is 6.59. The van der Waals surface area contributed by atoms with Crippen molar-refractivity contribution < 1.29 is 22.5 Å². The first-order chi connectivity index (χ1) is 9.77. The maximum atomic E-state index is 12.7. The molecule has 0 spiro atoms. The van der Waals surface area contributed by atoms with Crippen LogP contribution < -0.4 is 0 Å². The molecule has 2 unspecified atom stereocenters. The third kappa shape index (κ3) is 3.01. The summed E-state index contributed by atoms with van der Waals surface area (Å²) in [4.78, 5) is 0. The molecule has 116 valence electrons. The fourth-order valence-electron chi connectivity index (χ4n) is 3.56. The van der Waals surface area contributed by atoms with Crippen LogP contribution in [0.2, 0.25) is 0 Å². The van der Waals surface area contributed by atoms with Crippen molar-refractivity contribution in [1.82, 2.24) is 0 Å². The van der Waals surface area contributed by atoms with E-state index in [2.05, 4.69) is 0 Å². The zero-order chi connectivity index (χ0) is 15.3. The van der Waals surface area contributed by atoms with E-state index in [1.165, 1.54) is 6.07 Å². The topological polar surface area (TPSA) is 37.3 Å². The second-order valence-electron chi connectivity index (χ2n) is 6.16. The smallest absolute Gasteiger partial charge is 0.389 e. The highest BCUT2D eigenvalue weighted by Gasteiger charge is 2.47. The van der Waals surface area contributed by atoms with Crippen LogP contribution in [0.3, 0.4) is 0 Å². The van der Waals surface area contributed by atoms with Crippen molar-refractivity contribution in [3.63, 3.8) is 0 Å². The van der Waals surface area contributed by atoms with Crippen LogP contribution in [-0.2, 0) is 23.4 Å². The van der Waals surface area contributed by atoms with Gasteiger partial charge in [-0.05, 0) is 37.3 Å². The van der Waals surface area contributed by atoms with Gasteiger partial charge < -0.3 is 5.11 Å². The van der Waals surface area contributed by atoms with Crippen LogP contribution in [0.15, 0.2) is 24.3 Å². The van der Waals surface area contributed by atoms with Crippen molar-refractivity contribution in [2.24, 2.45) is 0 Å². The molecule has 6 heteroatoms. The van der Waals surface area contributed by atoms with Crippen molar-refractivity contribution in [2.45, 2.75) is 54.4 Å². The quantitative estimate of drug-likeness (QED) is 0.910.